The molecule has 0 rings (SSSR count). The third kappa shape index (κ3) is 41.0. The van der Waals surface area contributed by atoms with E-state index in [1.807, 2.05) is 6.07 Å². The van der Waals surface area contributed by atoms with Gasteiger partial charge in [0.2, 0.25) is 0 Å². The van der Waals surface area contributed by atoms with Gasteiger partial charge >= 0.3 is 0 Å². The summed E-state index contributed by atoms with van der Waals surface area (Å²) in [5.41, 5.74) is 10.4. The van der Waals surface area contributed by atoms with Crippen LogP contribution < -0.4 is 11.5 Å². The Hall–Kier alpha value is -0.850. The van der Waals surface area contributed by atoms with Gasteiger partial charge in [-0.25, -0.2) is 0 Å². The number of hydrogen-bond acceptors (Lipinski definition) is 3. The fourth-order valence-corrected chi connectivity index (χ4v) is 0. The van der Waals surface area contributed by atoms with E-state index in [0.29, 0.717) is 18.7 Å². The van der Waals surface area contributed by atoms with Gasteiger partial charge in [-0.2, -0.15) is 5.26 Å². The summed E-state index contributed by atoms with van der Waals surface area (Å²) >= 11 is 0. The molecule has 0 bridgehead atoms. The normalized spacial score (nSPS) is 6.44. The average molecular weight is 127 g/mol. The number of allylic oxidation sites excluding steroid dienone is 1. The van der Waals surface area contributed by atoms with Crippen molar-refractivity contribution in [2.24, 2.45) is 11.5 Å². The number of nitrogens with two attached hydrogens (primary N) is 2. The van der Waals surface area contributed by atoms with Crippen LogP contribution in [0.3, 0.4) is 0 Å². The molecule has 0 fully saturated rings. The molecule has 0 aliphatic rings. The molecule has 0 heterocycles. The Labute approximate surface area is 56.0 Å². The fourth-order valence-electron chi connectivity index (χ4n) is 0. The molecule has 0 aromatic rings. The van der Waals surface area contributed by atoms with Gasteiger partial charge in [0, 0.05) is 18.7 Å². The number of hydrogen-bond donors (Lipinski definition) is 2. The predicted octanol–water partition coefficient (Wildman–Crippen LogP) is -0.0101. The number of nitriles is 1. The molecular formula is C6H13N3. The van der Waals surface area contributed by atoms with E-state index in [2.05, 4.69) is 6.58 Å². The molecule has 52 valence electrons. The van der Waals surface area contributed by atoms with Crippen LogP contribution >= 0.6 is 0 Å². The zero-order chi connectivity index (χ0) is 7.70. The van der Waals surface area contributed by atoms with Gasteiger partial charge in [0.1, 0.15) is 0 Å². The molecule has 0 saturated carbocycles. The monoisotopic (exact) mass is 127 g/mol. The molecule has 0 spiro atoms. The van der Waals surface area contributed by atoms with Crippen LogP contribution in [0.5, 0.6) is 0 Å². The largest absolute Gasteiger partial charge is 0.329 e. The Bertz CT molecular complexity index is 99.4. The maximum Gasteiger partial charge on any atom is 0.0937 e. The Balaban J connectivity index is 0. The van der Waals surface area contributed by atoms with E-state index in [0.717, 1.165) is 0 Å². The minimum Gasteiger partial charge on any atom is -0.329 e. The zero-order valence-electron chi connectivity index (χ0n) is 5.72. The first-order valence-corrected chi connectivity index (χ1v) is 2.64. The molecular weight excluding hydrogens is 114 g/mol. The third-order valence-corrected chi connectivity index (χ3v) is 0.358. The van der Waals surface area contributed by atoms with Gasteiger partial charge in [0.15, 0.2) is 0 Å². The van der Waals surface area contributed by atoms with Crippen molar-refractivity contribution in [1.29, 1.82) is 5.26 Å². The molecule has 0 saturated heterocycles. The van der Waals surface area contributed by atoms with Crippen LogP contribution in [0.4, 0.5) is 0 Å². The van der Waals surface area contributed by atoms with Crippen LogP contribution in [-0.4, -0.2) is 13.1 Å². The minimum absolute atomic E-state index is 0.560. The molecule has 0 aliphatic heterocycles. The van der Waals surface area contributed by atoms with Gasteiger partial charge in [-0.15, -0.1) is 0 Å². The highest BCUT2D eigenvalue weighted by atomic mass is 14.6. The highest BCUT2D eigenvalue weighted by molar-refractivity contribution is 5.11. The van der Waals surface area contributed by atoms with Gasteiger partial charge in [-0.3, -0.25) is 0 Å². The van der Waals surface area contributed by atoms with E-state index in [-0.39, 0.29) is 0 Å². The Morgan fingerprint density at radius 1 is 1.56 bits per heavy atom. The van der Waals surface area contributed by atoms with Crippen molar-refractivity contribution < 1.29 is 0 Å². The first kappa shape index (κ1) is 11.0. The lowest BCUT2D eigenvalue weighted by atomic mass is 10.4. The average Bonchev–Trinajstić information content (AvgIpc) is 1.89. The molecule has 3 nitrogen and oxygen atoms in total. The highest BCUT2D eigenvalue weighted by Crippen LogP contribution is 1.74. The second kappa shape index (κ2) is 10.2. The molecule has 9 heavy (non-hydrogen) atoms. The third-order valence-electron chi connectivity index (χ3n) is 0.358. The van der Waals surface area contributed by atoms with Crippen molar-refractivity contribution in [3.05, 3.63) is 12.2 Å². The molecule has 4 N–H and O–H groups in total. The highest BCUT2D eigenvalue weighted by Gasteiger charge is 1.64. The Kier molecular flexibility index (Phi) is 12.5. The standard InChI is InChI=1S/C4H5N.C2H8N2/c1-4(2)3-5;3-1-2-4/h1H2,2H3;1-4H2. The lowest BCUT2D eigenvalue weighted by Crippen LogP contribution is -2.11. The number of nitrogens with zero attached hydrogens (tertiary/aromatic N) is 1. The first-order chi connectivity index (χ1) is 4.18. The van der Waals surface area contributed by atoms with Crippen LogP contribution in [0, 0.1) is 11.3 Å². The molecule has 0 aromatic heterocycles. The minimum atomic E-state index is 0.560. The lowest BCUT2D eigenvalue weighted by Gasteiger charge is -1.72. The van der Waals surface area contributed by atoms with E-state index < -0.39 is 0 Å². The summed E-state index contributed by atoms with van der Waals surface area (Å²) < 4.78 is 0. The second-order valence-corrected chi connectivity index (χ2v) is 1.47. The first-order valence-electron chi connectivity index (χ1n) is 2.64. The summed E-state index contributed by atoms with van der Waals surface area (Å²) in [6.07, 6.45) is 0. The Morgan fingerprint density at radius 2 is 1.78 bits per heavy atom. The van der Waals surface area contributed by atoms with Crippen molar-refractivity contribution in [3.63, 3.8) is 0 Å². The van der Waals surface area contributed by atoms with E-state index in [9.17, 15) is 0 Å². The topological polar surface area (TPSA) is 75.8 Å². The predicted molar refractivity (Wildman–Crippen MR) is 38.5 cm³/mol. The van der Waals surface area contributed by atoms with Gasteiger partial charge in [-0.05, 0) is 6.92 Å². The van der Waals surface area contributed by atoms with E-state index in [4.69, 9.17) is 16.7 Å². The van der Waals surface area contributed by atoms with E-state index in [1.165, 1.54) is 0 Å². The van der Waals surface area contributed by atoms with Gasteiger partial charge in [0.25, 0.3) is 0 Å². The van der Waals surface area contributed by atoms with Crippen molar-refractivity contribution in [3.8, 4) is 6.07 Å². The molecule has 0 radical (unpaired) electrons. The molecule has 0 unspecified atom stereocenters. The summed E-state index contributed by atoms with van der Waals surface area (Å²) in [4.78, 5) is 0. The maximum absolute atomic E-state index is 7.79. The summed E-state index contributed by atoms with van der Waals surface area (Å²) in [7, 11) is 0. The van der Waals surface area contributed by atoms with Crippen LogP contribution in [0.1, 0.15) is 6.92 Å². The summed E-state index contributed by atoms with van der Waals surface area (Å²) in [6, 6.07) is 1.83. The van der Waals surface area contributed by atoms with Crippen molar-refractivity contribution >= 4 is 0 Å². The molecule has 0 aromatic carbocycles. The van der Waals surface area contributed by atoms with Crippen LogP contribution in [0.25, 0.3) is 0 Å². The van der Waals surface area contributed by atoms with Crippen LogP contribution in [0.15, 0.2) is 12.2 Å². The van der Waals surface area contributed by atoms with Crippen molar-refractivity contribution in [1.82, 2.24) is 0 Å². The SMILES string of the molecule is C=C(C)C#N.NCCN. The fraction of sp³-hybridized carbons (Fsp3) is 0.500. The van der Waals surface area contributed by atoms with Crippen molar-refractivity contribution in [2.45, 2.75) is 6.92 Å². The van der Waals surface area contributed by atoms with Gasteiger partial charge in [-0.1, -0.05) is 6.58 Å². The molecule has 0 atom stereocenters. The molecule has 0 aliphatic carbocycles. The van der Waals surface area contributed by atoms with E-state index in [1.54, 1.807) is 6.92 Å². The summed E-state index contributed by atoms with van der Waals surface area (Å²) in [6.45, 7) is 6.17. The summed E-state index contributed by atoms with van der Waals surface area (Å²) in [5.74, 6) is 0. The molecule has 0 amide bonds. The van der Waals surface area contributed by atoms with Crippen molar-refractivity contribution in [2.75, 3.05) is 13.1 Å². The smallest absolute Gasteiger partial charge is 0.0937 e. The van der Waals surface area contributed by atoms with E-state index >= 15 is 0 Å². The quantitative estimate of drug-likeness (QED) is 0.486. The van der Waals surface area contributed by atoms with Gasteiger partial charge < -0.3 is 11.5 Å². The second-order valence-electron chi connectivity index (χ2n) is 1.47. The molecule has 3 heteroatoms. The van der Waals surface area contributed by atoms with Crippen LogP contribution in [-0.2, 0) is 0 Å². The summed E-state index contributed by atoms with van der Waals surface area (Å²) in [5, 5.41) is 7.79. The zero-order valence-corrected chi connectivity index (χ0v) is 5.72. The lowest BCUT2D eigenvalue weighted by molar-refractivity contribution is 0.976. The van der Waals surface area contributed by atoms with Gasteiger partial charge in [0.05, 0.1) is 6.07 Å². The maximum atomic E-state index is 7.79. The Morgan fingerprint density at radius 3 is 1.78 bits per heavy atom. The van der Waals surface area contributed by atoms with Crippen LogP contribution in [0.2, 0.25) is 0 Å². The number of rotatable bonds is 1.